The lowest BCUT2D eigenvalue weighted by Gasteiger charge is -2.33. The number of methoxy groups -OCH3 is 4. The summed E-state index contributed by atoms with van der Waals surface area (Å²) in [4.78, 5) is 13.8. The van der Waals surface area contributed by atoms with Crippen LogP contribution in [-0.2, 0) is 4.79 Å². The summed E-state index contributed by atoms with van der Waals surface area (Å²) in [6, 6.07) is 6.45. The van der Waals surface area contributed by atoms with Crippen molar-refractivity contribution < 1.29 is 33.2 Å². The average molecular weight is 419 g/mol. The van der Waals surface area contributed by atoms with E-state index in [0.29, 0.717) is 47.1 Å². The second-order valence-electron chi connectivity index (χ2n) is 6.98. The van der Waals surface area contributed by atoms with Gasteiger partial charge in [0.2, 0.25) is 5.75 Å². The highest BCUT2D eigenvalue weighted by Crippen LogP contribution is 2.45. The molecule has 7 nitrogen and oxygen atoms in total. The maximum Gasteiger partial charge on any atom is 0.320 e. The van der Waals surface area contributed by atoms with Gasteiger partial charge in [-0.15, -0.1) is 0 Å². The number of aliphatic carboxylic acids is 1. The molecule has 1 fully saturated rings. The Kier molecular flexibility index (Phi) is 6.66. The Morgan fingerprint density at radius 2 is 1.67 bits per heavy atom. The number of benzene rings is 2. The first-order valence-corrected chi connectivity index (χ1v) is 9.57. The molecule has 2 unspecified atom stereocenters. The number of carboxylic acids is 1. The maximum absolute atomic E-state index is 14.3. The van der Waals surface area contributed by atoms with E-state index in [-0.39, 0.29) is 0 Å². The Morgan fingerprint density at radius 3 is 2.20 bits per heavy atom. The van der Waals surface area contributed by atoms with Gasteiger partial charge >= 0.3 is 5.97 Å². The quantitative estimate of drug-likeness (QED) is 0.702. The number of hydrogen-bond donors (Lipinski definition) is 1. The molecule has 2 aromatic carbocycles. The highest BCUT2D eigenvalue weighted by molar-refractivity contribution is 5.74. The summed E-state index contributed by atoms with van der Waals surface area (Å²) in [7, 11) is 6.03. The summed E-state index contributed by atoms with van der Waals surface area (Å²) < 4.78 is 36.1. The lowest BCUT2D eigenvalue weighted by molar-refractivity contribution is -0.142. The van der Waals surface area contributed by atoms with Gasteiger partial charge in [0.1, 0.15) is 17.6 Å². The van der Waals surface area contributed by atoms with Gasteiger partial charge < -0.3 is 24.1 Å². The third kappa shape index (κ3) is 4.00. The Morgan fingerprint density at radius 1 is 1.03 bits per heavy atom. The zero-order valence-electron chi connectivity index (χ0n) is 17.5. The van der Waals surface area contributed by atoms with Crippen LogP contribution in [-0.4, -0.2) is 57.0 Å². The van der Waals surface area contributed by atoms with Crippen LogP contribution in [0.4, 0.5) is 4.39 Å². The monoisotopic (exact) mass is 419 g/mol. The minimum absolute atomic E-state index is 0.421. The second kappa shape index (κ2) is 9.21. The van der Waals surface area contributed by atoms with Crippen molar-refractivity contribution in [3.63, 3.8) is 0 Å². The molecule has 0 saturated carbocycles. The molecule has 0 amide bonds. The summed E-state index contributed by atoms with van der Waals surface area (Å²) in [6.45, 7) is 0.540. The van der Waals surface area contributed by atoms with E-state index in [4.69, 9.17) is 18.9 Å². The van der Waals surface area contributed by atoms with Gasteiger partial charge in [0, 0.05) is 12.1 Å². The van der Waals surface area contributed by atoms with E-state index >= 15 is 0 Å². The van der Waals surface area contributed by atoms with E-state index in [1.54, 1.807) is 18.2 Å². The van der Waals surface area contributed by atoms with Crippen LogP contribution in [0.2, 0.25) is 0 Å². The first-order valence-electron chi connectivity index (χ1n) is 9.57. The normalized spacial score (nSPS) is 17.4. The smallest absolute Gasteiger partial charge is 0.320 e. The first-order chi connectivity index (χ1) is 14.4. The number of ether oxygens (including phenoxy) is 4. The van der Waals surface area contributed by atoms with E-state index in [1.165, 1.54) is 40.6 Å². The molecule has 8 heteroatoms. The molecule has 1 aliphatic heterocycles. The summed E-state index contributed by atoms with van der Waals surface area (Å²) in [5, 5.41) is 9.77. The molecule has 0 radical (unpaired) electrons. The van der Waals surface area contributed by atoms with Crippen molar-refractivity contribution in [1.29, 1.82) is 0 Å². The standard InChI is InChI=1S/C22H26FNO6/c1-27-17-8-7-14(23)12-15(17)20(24-9-5-6-16(24)22(25)26)13-10-18(28-2)21(30-4)19(11-13)29-3/h7-8,10-12,16,20H,5-6,9H2,1-4H3,(H,25,26). The van der Waals surface area contributed by atoms with Crippen molar-refractivity contribution in [1.82, 2.24) is 4.90 Å². The van der Waals surface area contributed by atoms with Gasteiger partial charge in [0.05, 0.1) is 34.5 Å². The van der Waals surface area contributed by atoms with E-state index in [1.807, 2.05) is 4.90 Å². The maximum atomic E-state index is 14.3. The van der Waals surface area contributed by atoms with Crippen molar-refractivity contribution in [3.8, 4) is 23.0 Å². The van der Waals surface area contributed by atoms with Crippen LogP contribution in [0.1, 0.15) is 30.0 Å². The number of carbonyl (C=O) groups is 1. The fourth-order valence-corrected chi connectivity index (χ4v) is 4.09. The molecule has 1 saturated heterocycles. The van der Waals surface area contributed by atoms with E-state index in [0.717, 1.165) is 6.42 Å². The van der Waals surface area contributed by atoms with Gasteiger partial charge in [-0.05, 0) is 48.7 Å². The first kappa shape index (κ1) is 21.7. The summed E-state index contributed by atoms with van der Waals surface area (Å²) >= 11 is 0. The highest BCUT2D eigenvalue weighted by Gasteiger charge is 2.38. The molecular formula is C22H26FNO6. The number of likely N-dealkylation sites (tertiary alicyclic amines) is 1. The van der Waals surface area contributed by atoms with Crippen LogP contribution in [0.3, 0.4) is 0 Å². The summed E-state index contributed by atoms with van der Waals surface area (Å²) in [5.41, 5.74) is 1.21. The topological polar surface area (TPSA) is 77.5 Å². The van der Waals surface area contributed by atoms with E-state index in [9.17, 15) is 14.3 Å². The SMILES string of the molecule is COc1ccc(F)cc1C(c1cc(OC)c(OC)c(OC)c1)N1CCCC1C(=O)O. The Balaban J connectivity index is 2.26. The molecule has 0 aromatic heterocycles. The van der Waals surface area contributed by atoms with E-state index < -0.39 is 23.9 Å². The number of rotatable bonds is 8. The predicted molar refractivity (Wildman–Crippen MR) is 108 cm³/mol. The van der Waals surface area contributed by atoms with Gasteiger partial charge in [0.15, 0.2) is 11.5 Å². The Hall–Kier alpha value is -3.00. The molecule has 2 atom stereocenters. The van der Waals surface area contributed by atoms with Gasteiger partial charge in [-0.2, -0.15) is 0 Å². The minimum Gasteiger partial charge on any atom is -0.496 e. The van der Waals surface area contributed by atoms with Gasteiger partial charge in [-0.1, -0.05) is 0 Å². The predicted octanol–water partition coefficient (Wildman–Crippen LogP) is 3.50. The van der Waals surface area contributed by atoms with Crippen LogP contribution in [0.25, 0.3) is 0 Å². The Labute approximate surface area is 174 Å². The van der Waals surface area contributed by atoms with Crippen LogP contribution in [0.5, 0.6) is 23.0 Å². The second-order valence-corrected chi connectivity index (χ2v) is 6.98. The van der Waals surface area contributed by atoms with Gasteiger partial charge in [-0.25, -0.2) is 4.39 Å². The third-order valence-electron chi connectivity index (χ3n) is 5.40. The Bertz CT molecular complexity index is 893. The molecular weight excluding hydrogens is 393 g/mol. The molecule has 0 bridgehead atoms. The van der Waals surface area contributed by atoms with Crippen LogP contribution >= 0.6 is 0 Å². The molecule has 1 N–H and O–H groups in total. The van der Waals surface area contributed by atoms with Crippen molar-refractivity contribution in [2.75, 3.05) is 35.0 Å². The zero-order chi connectivity index (χ0) is 21.8. The lowest BCUT2D eigenvalue weighted by atomic mass is 9.94. The number of carboxylic acid groups (broad SMARTS) is 1. The third-order valence-corrected chi connectivity index (χ3v) is 5.40. The zero-order valence-corrected chi connectivity index (χ0v) is 17.5. The summed E-state index contributed by atoms with van der Waals surface area (Å²) in [5.74, 6) is 0.391. The van der Waals surface area contributed by atoms with Crippen molar-refractivity contribution in [2.45, 2.75) is 24.9 Å². The molecule has 0 aliphatic carbocycles. The fraction of sp³-hybridized carbons (Fsp3) is 0.409. The molecule has 162 valence electrons. The molecule has 1 aliphatic rings. The van der Waals surface area contributed by atoms with E-state index in [2.05, 4.69) is 0 Å². The highest BCUT2D eigenvalue weighted by atomic mass is 19.1. The van der Waals surface area contributed by atoms with Crippen molar-refractivity contribution in [3.05, 3.63) is 47.3 Å². The number of halogens is 1. The van der Waals surface area contributed by atoms with Crippen molar-refractivity contribution >= 4 is 5.97 Å². The van der Waals surface area contributed by atoms with Gasteiger partial charge in [0.25, 0.3) is 0 Å². The minimum atomic E-state index is -0.916. The van der Waals surface area contributed by atoms with Crippen LogP contribution in [0, 0.1) is 5.82 Å². The fourth-order valence-electron chi connectivity index (χ4n) is 4.09. The van der Waals surface area contributed by atoms with Gasteiger partial charge in [-0.3, -0.25) is 9.69 Å². The molecule has 0 spiro atoms. The van der Waals surface area contributed by atoms with Crippen molar-refractivity contribution in [2.24, 2.45) is 0 Å². The molecule has 30 heavy (non-hydrogen) atoms. The molecule has 3 rings (SSSR count). The lowest BCUT2D eigenvalue weighted by Crippen LogP contribution is -2.39. The number of nitrogens with zero attached hydrogens (tertiary/aromatic N) is 1. The van der Waals surface area contributed by atoms with Crippen LogP contribution in [0.15, 0.2) is 30.3 Å². The molecule has 1 heterocycles. The largest absolute Gasteiger partial charge is 0.496 e. The molecule has 2 aromatic rings. The van der Waals surface area contributed by atoms with Crippen LogP contribution < -0.4 is 18.9 Å². The summed E-state index contributed by atoms with van der Waals surface area (Å²) in [6.07, 6.45) is 1.23. The average Bonchev–Trinajstić information content (AvgIpc) is 3.23. The number of hydrogen-bond acceptors (Lipinski definition) is 6.